The summed E-state index contributed by atoms with van der Waals surface area (Å²) < 4.78 is 24.6. The first-order chi connectivity index (χ1) is 11.4. The van der Waals surface area contributed by atoms with E-state index < -0.39 is 10.0 Å². The molecule has 1 saturated heterocycles. The zero-order valence-corrected chi connectivity index (χ0v) is 15.2. The molecule has 2 aromatic heterocycles. The molecule has 0 aromatic carbocycles. The van der Waals surface area contributed by atoms with Crippen LogP contribution in [0.5, 0.6) is 0 Å². The molecule has 1 N–H and O–H groups in total. The molecule has 0 unspecified atom stereocenters. The number of piperazine rings is 1. The highest BCUT2D eigenvalue weighted by molar-refractivity contribution is 7.88. The molecule has 0 atom stereocenters. The normalized spacial score (nSPS) is 19.9. The summed E-state index contributed by atoms with van der Waals surface area (Å²) in [5.41, 5.74) is 1.15. The van der Waals surface area contributed by atoms with Crippen LogP contribution in [-0.2, 0) is 29.4 Å². The van der Waals surface area contributed by atoms with Gasteiger partial charge in [-0.2, -0.15) is 4.31 Å². The zero-order valence-electron chi connectivity index (χ0n) is 13.5. The lowest BCUT2D eigenvalue weighted by molar-refractivity contribution is 0.178. The highest BCUT2D eigenvalue weighted by Crippen LogP contribution is 2.34. The van der Waals surface area contributed by atoms with Crippen molar-refractivity contribution in [1.82, 2.24) is 19.2 Å². The number of hydrogen-bond donors (Lipinski definition) is 1. The largest absolute Gasteiger partial charge is 0.309 e. The highest BCUT2D eigenvalue weighted by atomic mass is 32.2. The van der Waals surface area contributed by atoms with Crippen LogP contribution in [-0.4, -0.2) is 60.0 Å². The second-order valence-corrected chi connectivity index (χ2v) is 9.55. The third kappa shape index (κ3) is 2.90. The number of hydrogen-bond acceptors (Lipinski definition) is 6. The lowest BCUT2D eigenvalue weighted by atomic mass is 10.2. The molecule has 3 heterocycles. The molecule has 2 aromatic rings. The van der Waals surface area contributed by atoms with Crippen molar-refractivity contribution in [2.24, 2.45) is 0 Å². The van der Waals surface area contributed by atoms with E-state index in [9.17, 15) is 13.2 Å². The van der Waals surface area contributed by atoms with E-state index in [1.54, 1.807) is 11.3 Å². The Hall–Kier alpha value is -1.29. The molecule has 0 bridgehead atoms. The maximum Gasteiger partial charge on any atom is 0.259 e. The van der Waals surface area contributed by atoms with Crippen LogP contribution in [0.1, 0.15) is 22.7 Å². The topological polar surface area (TPSA) is 86.4 Å². The Labute approximate surface area is 144 Å². The fourth-order valence-electron chi connectivity index (χ4n) is 3.55. The fraction of sp³-hybridized carbons (Fsp3) is 0.600. The van der Waals surface area contributed by atoms with E-state index in [4.69, 9.17) is 0 Å². The van der Waals surface area contributed by atoms with Gasteiger partial charge in [0.1, 0.15) is 10.7 Å². The van der Waals surface area contributed by atoms with Gasteiger partial charge >= 0.3 is 0 Å². The average Bonchev–Trinajstić information content (AvgIpc) is 3.07. The lowest BCUT2D eigenvalue weighted by Gasteiger charge is -2.32. The third-order valence-electron chi connectivity index (χ3n) is 4.80. The summed E-state index contributed by atoms with van der Waals surface area (Å²) in [5.74, 6) is 0.667. The summed E-state index contributed by atoms with van der Waals surface area (Å²) in [6.45, 7) is 2.81. The number of aryl methyl sites for hydroxylation is 2. The SMILES string of the molecule is CS(=O)(=O)N1CCN(Cc2nc3sc4c(c3c(=O)[nH]2)CCC4)CC1. The maximum atomic E-state index is 12.5. The minimum atomic E-state index is -3.12. The Morgan fingerprint density at radius 3 is 2.67 bits per heavy atom. The predicted octanol–water partition coefficient (Wildman–Crippen LogP) is 0.550. The van der Waals surface area contributed by atoms with Gasteiger partial charge in [0, 0.05) is 31.1 Å². The monoisotopic (exact) mass is 368 g/mol. The molecule has 2 aliphatic rings. The number of nitrogens with zero attached hydrogens (tertiary/aromatic N) is 3. The first kappa shape index (κ1) is 16.2. The van der Waals surface area contributed by atoms with Gasteiger partial charge in [-0.15, -0.1) is 11.3 Å². The van der Waals surface area contributed by atoms with Crippen LogP contribution in [0.15, 0.2) is 4.79 Å². The third-order valence-corrected chi connectivity index (χ3v) is 7.29. The van der Waals surface area contributed by atoms with Crippen molar-refractivity contribution in [3.63, 3.8) is 0 Å². The summed E-state index contributed by atoms with van der Waals surface area (Å²) in [6.07, 6.45) is 4.40. The van der Waals surface area contributed by atoms with Crippen LogP contribution >= 0.6 is 11.3 Å². The molecule has 0 amide bonds. The van der Waals surface area contributed by atoms with Crippen LogP contribution in [0.4, 0.5) is 0 Å². The molecular formula is C15H20N4O3S2. The average molecular weight is 368 g/mol. The van der Waals surface area contributed by atoms with E-state index in [1.165, 1.54) is 21.0 Å². The number of aromatic amines is 1. The van der Waals surface area contributed by atoms with E-state index in [0.717, 1.165) is 29.5 Å². The first-order valence-electron chi connectivity index (χ1n) is 8.13. The predicted molar refractivity (Wildman–Crippen MR) is 94.0 cm³/mol. The molecule has 7 nitrogen and oxygen atoms in total. The molecular weight excluding hydrogens is 348 g/mol. The quantitative estimate of drug-likeness (QED) is 0.855. The van der Waals surface area contributed by atoms with Crippen molar-refractivity contribution in [2.45, 2.75) is 25.8 Å². The maximum absolute atomic E-state index is 12.5. The molecule has 0 radical (unpaired) electrons. The van der Waals surface area contributed by atoms with Crippen LogP contribution < -0.4 is 5.56 Å². The number of fused-ring (bicyclic) bond motifs is 3. The summed E-state index contributed by atoms with van der Waals surface area (Å²) in [5, 5.41) is 0.776. The second-order valence-electron chi connectivity index (χ2n) is 6.49. The van der Waals surface area contributed by atoms with Gasteiger partial charge in [-0.25, -0.2) is 13.4 Å². The smallest absolute Gasteiger partial charge is 0.259 e. The number of H-pyrrole nitrogens is 1. The summed E-state index contributed by atoms with van der Waals surface area (Å²) in [7, 11) is -3.12. The number of aromatic nitrogens is 2. The van der Waals surface area contributed by atoms with Gasteiger partial charge in [0.15, 0.2) is 0 Å². The standard InChI is InChI=1S/C15H20N4O3S2/c1-24(21,22)19-7-5-18(6-8-19)9-12-16-14(20)13-10-3-2-4-11(10)23-15(13)17-12/h2-9H2,1H3,(H,16,17,20). The Balaban J connectivity index is 1.53. The minimum Gasteiger partial charge on any atom is -0.309 e. The van der Waals surface area contributed by atoms with Crippen molar-refractivity contribution in [3.8, 4) is 0 Å². The lowest BCUT2D eigenvalue weighted by Crippen LogP contribution is -2.48. The highest BCUT2D eigenvalue weighted by Gasteiger charge is 2.25. The van der Waals surface area contributed by atoms with Crippen molar-refractivity contribution in [1.29, 1.82) is 0 Å². The Morgan fingerprint density at radius 2 is 1.96 bits per heavy atom. The fourth-order valence-corrected chi connectivity index (χ4v) is 5.66. The number of sulfonamides is 1. The van der Waals surface area contributed by atoms with Gasteiger partial charge in [-0.05, 0) is 24.8 Å². The van der Waals surface area contributed by atoms with Gasteiger partial charge < -0.3 is 4.98 Å². The molecule has 1 fully saturated rings. The molecule has 0 spiro atoms. The van der Waals surface area contributed by atoms with Crippen molar-refractivity contribution in [3.05, 3.63) is 26.6 Å². The Kier molecular flexibility index (Phi) is 3.98. The van der Waals surface area contributed by atoms with Gasteiger partial charge in [0.25, 0.3) is 5.56 Å². The Bertz CT molecular complexity index is 940. The van der Waals surface area contributed by atoms with E-state index >= 15 is 0 Å². The second kappa shape index (κ2) is 5.91. The van der Waals surface area contributed by atoms with Crippen LogP contribution in [0.25, 0.3) is 10.2 Å². The van der Waals surface area contributed by atoms with Crippen molar-refractivity contribution >= 4 is 31.6 Å². The summed E-state index contributed by atoms with van der Waals surface area (Å²) in [4.78, 5) is 24.3. The number of thiophene rings is 1. The Morgan fingerprint density at radius 1 is 1.21 bits per heavy atom. The molecule has 24 heavy (non-hydrogen) atoms. The van der Waals surface area contributed by atoms with Gasteiger partial charge in [0.05, 0.1) is 18.2 Å². The molecule has 4 rings (SSSR count). The zero-order chi connectivity index (χ0) is 16.9. The van der Waals surface area contributed by atoms with Gasteiger partial charge in [-0.3, -0.25) is 9.69 Å². The van der Waals surface area contributed by atoms with E-state index in [1.807, 2.05) is 0 Å². The van der Waals surface area contributed by atoms with Crippen molar-refractivity contribution in [2.75, 3.05) is 32.4 Å². The summed E-state index contributed by atoms with van der Waals surface area (Å²) in [6, 6.07) is 0. The van der Waals surface area contributed by atoms with Crippen LogP contribution in [0, 0.1) is 0 Å². The van der Waals surface area contributed by atoms with Gasteiger partial charge in [-0.1, -0.05) is 0 Å². The molecule has 1 aliphatic carbocycles. The van der Waals surface area contributed by atoms with E-state index in [2.05, 4.69) is 14.9 Å². The van der Waals surface area contributed by atoms with Gasteiger partial charge in [0.2, 0.25) is 10.0 Å². The molecule has 130 valence electrons. The number of nitrogens with one attached hydrogen (secondary N) is 1. The molecule has 9 heteroatoms. The van der Waals surface area contributed by atoms with E-state index in [-0.39, 0.29) is 5.56 Å². The first-order valence-corrected chi connectivity index (χ1v) is 10.8. The van der Waals surface area contributed by atoms with Crippen LogP contribution in [0.3, 0.4) is 0 Å². The van der Waals surface area contributed by atoms with E-state index in [0.29, 0.717) is 38.5 Å². The molecule has 0 saturated carbocycles. The van der Waals surface area contributed by atoms with Crippen LogP contribution in [0.2, 0.25) is 0 Å². The molecule has 1 aliphatic heterocycles. The number of rotatable bonds is 3. The van der Waals surface area contributed by atoms with Crippen molar-refractivity contribution < 1.29 is 8.42 Å². The minimum absolute atomic E-state index is 0.0378. The summed E-state index contributed by atoms with van der Waals surface area (Å²) >= 11 is 1.64.